The maximum absolute atomic E-state index is 13.1. The molecule has 1 aliphatic heterocycles. The van der Waals surface area contributed by atoms with Gasteiger partial charge in [-0.25, -0.2) is 9.59 Å². The van der Waals surface area contributed by atoms with E-state index >= 15 is 0 Å². The van der Waals surface area contributed by atoms with E-state index in [1.807, 2.05) is 20.8 Å². The van der Waals surface area contributed by atoms with Crippen molar-refractivity contribution in [2.45, 2.75) is 101 Å². The zero-order valence-electron chi connectivity index (χ0n) is 23.8. The third kappa shape index (κ3) is 10.5. The molecule has 0 aliphatic carbocycles. The fraction of sp³-hybridized carbons (Fsp3) is 0.926. The van der Waals surface area contributed by atoms with Gasteiger partial charge in [0.2, 0.25) is 0 Å². The number of hydrogen-bond acceptors (Lipinski definition) is 6. The molecule has 1 N–H and O–H groups in total. The number of esters is 1. The van der Waals surface area contributed by atoms with Crippen LogP contribution in [-0.4, -0.2) is 68.1 Å². The van der Waals surface area contributed by atoms with Crippen LogP contribution in [0.1, 0.15) is 89.0 Å². The average Bonchev–Trinajstić information content (AvgIpc) is 2.67. The summed E-state index contributed by atoms with van der Waals surface area (Å²) in [4.78, 5) is 28.0. The Morgan fingerprint density at radius 3 is 2.00 bits per heavy atom. The number of carbonyl (C=O) groups excluding carboxylic acids is 2. The standard InChI is InChI=1S/C27H52N2O5/c1-20(26(8,9)18-29-14-16-32-17-15-29)12-13-21(28-23(31)34-25(5,6)7)22(30)33-19-27(10,11)24(2,3)4/h20-21H,12-19H2,1-11H3,(H,28,31)/t20?,21-/m0/s1. The molecule has 1 saturated heterocycles. The number of rotatable bonds is 10. The summed E-state index contributed by atoms with van der Waals surface area (Å²) in [5.41, 5.74) is -0.807. The second-order valence-corrected chi connectivity index (χ2v) is 13.3. The summed E-state index contributed by atoms with van der Waals surface area (Å²) in [7, 11) is 0. The summed E-state index contributed by atoms with van der Waals surface area (Å²) < 4.78 is 16.6. The van der Waals surface area contributed by atoms with Crippen LogP contribution in [0.15, 0.2) is 0 Å². The molecule has 0 radical (unpaired) electrons. The van der Waals surface area contributed by atoms with Gasteiger partial charge < -0.3 is 19.5 Å². The third-order valence-corrected chi connectivity index (χ3v) is 7.54. The van der Waals surface area contributed by atoms with Gasteiger partial charge in [0.15, 0.2) is 0 Å². The first-order valence-corrected chi connectivity index (χ1v) is 12.8. The number of nitrogens with zero attached hydrogens (tertiary/aromatic N) is 1. The maximum atomic E-state index is 13.1. The van der Waals surface area contributed by atoms with Gasteiger partial charge in [-0.15, -0.1) is 0 Å². The SMILES string of the molecule is CC(CC[C@H](NC(=O)OC(C)(C)C)C(=O)OCC(C)(C)C(C)(C)C)C(C)(C)CN1CCOCC1. The molecule has 0 spiro atoms. The van der Waals surface area contributed by atoms with Crippen molar-refractivity contribution < 1.29 is 23.8 Å². The van der Waals surface area contributed by atoms with Gasteiger partial charge >= 0.3 is 12.1 Å². The zero-order valence-corrected chi connectivity index (χ0v) is 23.8. The van der Waals surface area contributed by atoms with Crippen LogP contribution in [0.4, 0.5) is 4.79 Å². The van der Waals surface area contributed by atoms with Crippen molar-refractivity contribution in [3.8, 4) is 0 Å². The first kappa shape index (κ1) is 30.7. The molecule has 7 heteroatoms. The number of carbonyl (C=O) groups is 2. The minimum atomic E-state index is -0.743. The van der Waals surface area contributed by atoms with E-state index in [1.54, 1.807) is 0 Å². The quantitative estimate of drug-likeness (QED) is 0.426. The highest BCUT2D eigenvalue weighted by atomic mass is 16.6. The number of ether oxygens (including phenoxy) is 3. The Balaban J connectivity index is 2.82. The molecule has 1 unspecified atom stereocenters. The molecule has 1 fully saturated rings. The van der Waals surface area contributed by atoms with Crippen LogP contribution in [0.5, 0.6) is 0 Å². The Morgan fingerprint density at radius 2 is 1.50 bits per heavy atom. The van der Waals surface area contributed by atoms with Crippen molar-refractivity contribution in [1.29, 1.82) is 0 Å². The van der Waals surface area contributed by atoms with Crippen molar-refractivity contribution in [1.82, 2.24) is 10.2 Å². The molecule has 1 heterocycles. The zero-order chi connectivity index (χ0) is 26.4. The highest BCUT2D eigenvalue weighted by Gasteiger charge is 2.36. The summed E-state index contributed by atoms with van der Waals surface area (Å²) in [5.74, 6) is -0.0570. The molecule has 1 rings (SSSR count). The molecular weight excluding hydrogens is 432 g/mol. The van der Waals surface area contributed by atoms with Gasteiger partial charge in [-0.05, 0) is 50.4 Å². The Morgan fingerprint density at radius 1 is 0.941 bits per heavy atom. The van der Waals surface area contributed by atoms with Gasteiger partial charge in [0.25, 0.3) is 0 Å². The fourth-order valence-electron chi connectivity index (χ4n) is 3.57. The summed E-state index contributed by atoms with van der Waals surface area (Å²) in [6.07, 6.45) is 0.696. The summed E-state index contributed by atoms with van der Waals surface area (Å²) >= 11 is 0. The van der Waals surface area contributed by atoms with Crippen LogP contribution >= 0.6 is 0 Å². The molecule has 200 valence electrons. The van der Waals surface area contributed by atoms with E-state index in [4.69, 9.17) is 14.2 Å². The molecular formula is C27H52N2O5. The fourth-order valence-corrected chi connectivity index (χ4v) is 3.57. The Hall–Kier alpha value is -1.34. The molecule has 34 heavy (non-hydrogen) atoms. The second-order valence-electron chi connectivity index (χ2n) is 13.3. The normalized spacial score (nSPS) is 18.2. The van der Waals surface area contributed by atoms with E-state index in [9.17, 15) is 9.59 Å². The highest BCUT2D eigenvalue weighted by molar-refractivity contribution is 5.81. The lowest BCUT2D eigenvalue weighted by atomic mass is 9.70. The van der Waals surface area contributed by atoms with Gasteiger partial charge in [-0.3, -0.25) is 4.90 Å². The predicted octanol–water partition coefficient (Wildman–Crippen LogP) is 5.27. The second kappa shape index (κ2) is 12.1. The summed E-state index contributed by atoms with van der Waals surface area (Å²) in [6.45, 7) is 27.5. The van der Waals surface area contributed by atoms with Crippen molar-refractivity contribution in [2.75, 3.05) is 39.5 Å². The van der Waals surface area contributed by atoms with Gasteiger partial charge in [0.05, 0.1) is 19.8 Å². The lowest BCUT2D eigenvalue weighted by Gasteiger charge is -2.39. The first-order valence-electron chi connectivity index (χ1n) is 12.8. The average molecular weight is 485 g/mol. The van der Waals surface area contributed by atoms with E-state index in [2.05, 4.69) is 65.6 Å². The third-order valence-electron chi connectivity index (χ3n) is 7.54. The summed E-state index contributed by atoms with van der Waals surface area (Å²) in [6, 6.07) is -0.743. The van der Waals surface area contributed by atoms with Crippen LogP contribution in [0, 0.1) is 22.2 Å². The Kier molecular flexibility index (Phi) is 10.9. The topological polar surface area (TPSA) is 77.1 Å². The van der Waals surface area contributed by atoms with Crippen LogP contribution < -0.4 is 5.32 Å². The van der Waals surface area contributed by atoms with E-state index in [-0.39, 0.29) is 16.2 Å². The summed E-state index contributed by atoms with van der Waals surface area (Å²) in [5, 5.41) is 2.77. The van der Waals surface area contributed by atoms with Gasteiger partial charge in [-0.2, -0.15) is 0 Å². The molecule has 0 saturated carbocycles. The van der Waals surface area contributed by atoms with Crippen molar-refractivity contribution >= 4 is 12.1 Å². The van der Waals surface area contributed by atoms with Crippen LogP contribution in [0.3, 0.4) is 0 Å². The Bertz CT molecular complexity index is 655. The molecule has 0 bridgehead atoms. The number of nitrogens with one attached hydrogen (secondary N) is 1. The lowest BCUT2D eigenvalue weighted by Crippen LogP contribution is -2.46. The lowest BCUT2D eigenvalue weighted by molar-refractivity contribution is -0.151. The number of amides is 1. The minimum Gasteiger partial charge on any atom is -0.464 e. The molecule has 0 aromatic rings. The number of hydrogen-bond donors (Lipinski definition) is 1. The van der Waals surface area contributed by atoms with Crippen LogP contribution in [0.2, 0.25) is 0 Å². The van der Waals surface area contributed by atoms with Gasteiger partial charge in [0, 0.05) is 25.0 Å². The van der Waals surface area contributed by atoms with Crippen molar-refractivity contribution in [3.05, 3.63) is 0 Å². The first-order chi connectivity index (χ1) is 15.3. The predicted molar refractivity (Wildman–Crippen MR) is 137 cm³/mol. The molecule has 0 aromatic heterocycles. The largest absolute Gasteiger partial charge is 0.464 e. The monoisotopic (exact) mass is 484 g/mol. The van der Waals surface area contributed by atoms with Gasteiger partial charge in [-0.1, -0.05) is 55.4 Å². The van der Waals surface area contributed by atoms with E-state index in [0.717, 1.165) is 39.3 Å². The van der Waals surface area contributed by atoms with Crippen LogP contribution in [0.25, 0.3) is 0 Å². The number of morpholine rings is 1. The molecule has 0 aromatic carbocycles. The van der Waals surface area contributed by atoms with Gasteiger partial charge in [0.1, 0.15) is 11.6 Å². The minimum absolute atomic E-state index is 0.0284. The van der Waals surface area contributed by atoms with E-state index < -0.39 is 23.7 Å². The Labute approximate surface area is 208 Å². The molecule has 2 atom stereocenters. The van der Waals surface area contributed by atoms with Crippen LogP contribution in [-0.2, 0) is 19.0 Å². The highest BCUT2D eigenvalue weighted by Crippen LogP contribution is 2.38. The van der Waals surface area contributed by atoms with E-state index in [0.29, 0.717) is 18.9 Å². The molecule has 7 nitrogen and oxygen atoms in total. The maximum Gasteiger partial charge on any atom is 0.408 e. The molecule has 1 amide bonds. The van der Waals surface area contributed by atoms with Crippen molar-refractivity contribution in [2.24, 2.45) is 22.2 Å². The number of alkyl carbamates (subject to hydrolysis) is 1. The van der Waals surface area contributed by atoms with E-state index in [1.165, 1.54) is 0 Å². The molecule has 1 aliphatic rings. The van der Waals surface area contributed by atoms with Crippen molar-refractivity contribution in [3.63, 3.8) is 0 Å². The smallest absolute Gasteiger partial charge is 0.408 e.